The van der Waals surface area contributed by atoms with Gasteiger partial charge in [0.15, 0.2) is 11.6 Å². The summed E-state index contributed by atoms with van der Waals surface area (Å²) >= 11 is 6.05. The zero-order valence-corrected chi connectivity index (χ0v) is 12.2. The third-order valence-corrected chi connectivity index (χ3v) is 3.44. The van der Waals surface area contributed by atoms with E-state index in [1.165, 1.54) is 0 Å². The molecule has 3 rings (SSSR count). The maximum absolute atomic E-state index is 13.9. The molecule has 0 aliphatic carbocycles. The van der Waals surface area contributed by atoms with E-state index < -0.39 is 11.6 Å². The Balaban J connectivity index is 2.30. The van der Waals surface area contributed by atoms with E-state index >= 15 is 0 Å². The number of aromatic nitrogens is 2. The smallest absolute Gasteiger partial charge is 0.161 e. The first-order chi connectivity index (χ1) is 9.94. The van der Waals surface area contributed by atoms with Crippen molar-refractivity contribution in [2.45, 2.75) is 13.8 Å². The summed E-state index contributed by atoms with van der Waals surface area (Å²) in [5, 5.41) is 0.204. The lowest BCUT2D eigenvalue weighted by Gasteiger charge is -2.07. The van der Waals surface area contributed by atoms with E-state index in [-0.39, 0.29) is 16.1 Å². The molecule has 2 nitrogen and oxygen atoms in total. The minimum absolute atomic E-state index is 0.0190. The zero-order chi connectivity index (χ0) is 15.1. The second-order valence-corrected chi connectivity index (χ2v) is 5.36. The summed E-state index contributed by atoms with van der Waals surface area (Å²) in [6, 6.07) is 7.73. The number of aryl methyl sites for hydroxylation is 2. The molecule has 0 aliphatic heterocycles. The summed E-state index contributed by atoms with van der Waals surface area (Å²) < 4.78 is 27.1. The molecule has 0 N–H and O–H groups in total. The van der Waals surface area contributed by atoms with Crippen LogP contribution in [0.2, 0.25) is 5.15 Å². The van der Waals surface area contributed by atoms with Crippen LogP contribution in [0.5, 0.6) is 0 Å². The second kappa shape index (κ2) is 5.04. The topological polar surface area (TPSA) is 25.8 Å². The van der Waals surface area contributed by atoms with Crippen LogP contribution in [0.25, 0.3) is 22.3 Å². The fraction of sp³-hybridized carbons (Fsp3) is 0.125. The van der Waals surface area contributed by atoms with Crippen LogP contribution < -0.4 is 0 Å². The van der Waals surface area contributed by atoms with Gasteiger partial charge in [0.05, 0.1) is 0 Å². The Morgan fingerprint density at radius 3 is 2.24 bits per heavy atom. The summed E-state index contributed by atoms with van der Waals surface area (Å²) in [7, 11) is 0. The van der Waals surface area contributed by atoms with E-state index in [2.05, 4.69) is 9.97 Å². The molecule has 0 saturated carbocycles. The first-order valence-corrected chi connectivity index (χ1v) is 6.73. The zero-order valence-electron chi connectivity index (χ0n) is 11.4. The number of benzene rings is 2. The number of halogens is 3. The monoisotopic (exact) mass is 304 g/mol. The van der Waals surface area contributed by atoms with Crippen molar-refractivity contribution in [3.8, 4) is 11.4 Å². The molecule has 0 unspecified atom stereocenters. The molecule has 0 aliphatic rings. The van der Waals surface area contributed by atoms with Gasteiger partial charge in [-0.05, 0) is 32.0 Å². The van der Waals surface area contributed by atoms with Gasteiger partial charge < -0.3 is 0 Å². The van der Waals surface area contributed by atoms with Gasteiger partial charge in [-0.3, -0.25) is 0 Å². The number of rotatable bonds is 1. The Bertz CT molecular complexity index is 842. The predicted molar refractivity (Wildman–Crippen MR) is 79.4 cm³/mol. The highest BCUT2D eigenvalue weighted by Gasteiger charge is 2.13. The quantitative estimate of drug-likeness (QED) is 0.601. The molecule has 0 spiro atoms. The van der Waals surface area contributed by atoms with Crippen LogP contribution in [0.1, 0.15) is 11.1 Å². The Morgan fingerprint density at radius 2 is 1.57 bits per heavy atom. The van der Waals surface area contributed by atoms with Gasteiger partial charge in [-0.15, -0.1) is 0 Å². The summed E-state index contributed by atoms with van der Waals surface area (Å²) in [4.78, 5) is 8.35. The Hall–Kier alpha value is -2.07. The average molecular weight is 305 g/mol. The van der Waals surface area contributed by atoms with Gasteiger partial charge in [0, 0.05) is 17.0 Å². The Morgan fingerprint density at radius 1 is 0.905 bits per heavy atom. The van der Waals surface area contributed by atoms with Gasteiger partial charge in [0.1, 0.15) is 16.5 Å². The van der Waals surface area contributed by atoms with Crippen molar-refractivity contribution >= 4 is 22.5 Å². The van der Waals surface area contributed by atoms with E-state index in [4.69, 9.17) is 11.6 Å². The Kier molecular flexibility index (Phi) is 3.33. The third kappa shape index (κ3) is 2.59. The molecular weight excluding hydrogens is 294 g/mol. The standard InChI is InChI=1S/C16H11ClF2N2/c1-8-3-9(2)5-10(4-8)16-20-14-12(15(17)21-16)6-11(18)7-13(14)19/h3-7H,1-2H3. The SMILES string of the molecule is Cc1cc(C)cc(-c2nc(Cl)c3cc(F)cc(F)c3n2)c1. The Labute approximate surface area is 125 Å². The van der Waals surface area contributed by atoms with Gasteiger partial charge in [0.25, 0.3) is 0 Å². The first-order valence-electron chi connectivity index (χ1n) is 6.35. The van der Waals surface area contributed by atoms with E-state index in [0.29, 0.717) is 5.82 Å². The molecule has 3 aromatic rings. The molecule has 0 fully saturated rings. The van der Waals surface area contributed by atoms with Crippen molar-refractivity contribution in [2.75, 3.05) is 0 Å². The molecule has 0 amide bonds. The number of fused-ring (bicyclic) bond motifs is 1. The van der Waals surface area contributed by atoms with Gasteiger partial charge in [0.2, 0.25) is 0 Å². The van der Waals surface area contributed by atoms with Crippen LogP contribution in [-0.4, -0.2) is 9.97 Å². The third-order valence-electron chi connectivity index (χ3n) is 3.15. The van der Waals surface area contributed by atoms with E-state index in [1.807, 2.05) is 32.0 Å². The van der Waals surface area contributed by atoms with Crippen molar-refractivity contribution in [1.82, 2.24) is 9.97 Å². The maximum atomic E-state index is 13.9. The summed E-state index contributed by atoms with van der Waals surface area (Å²) in [5.41, 5.74) is 2.86. The molecule has 1 heterocycles. The predicted octanol–water partition coefficient (Wildman–Crippen LogP) is 4.85. The molecule has 2 aromatic carbocycles. The summed E-state index contributed by atoms with van der Waals surface area (Å²) in [6.07, 6.45) is 0. The molecule has 1 aromatic heterocycles. The van der Waals surface area contributed by atoms with Gasteiger partial charge in [-0.25, -0.2) is 18.7 Å². The van der Waals surface area contributed by atoms with Crippen molar-refractivity contribution in [2.24, 2.45) is 0 Å². The molecule has 0 atom stereocenters. The van der Waals surface area contributed by atoms with E-state index in [0.717, 1.165) is 28.8 Å². The normalized spacial score (nSPS) is 11.1. The van der Waals surface area contributed by atoms with E-state index in [1.54, 1.807) is 0 Å². The highest BCUT2D eigenvalue weighted by Crippen LogP contribution is 2.28. The average Bonchev–Trinajstić information content (AvgIpc) is 2.38. The van der Waals surface area contributed by atoms with Crippen LogP contribution in [0.4, 0.5) is 8.78 Å². The van der Waals surface area contributed by atoms with Crippen LogP contribution in [-0.2, 0) is 0 Å². The summed E-state index contributed by atoms with van der Waals surface area (Å²) in [5.74, 6) is -1.13. The lowest BCUT2D eigenvalue weighted by atomic mass is 10.1. The molecule has 5 heteroatoms. The molecule has 0 saturated heterocycles. The molecule has 0 bridgehead atoms. The van der Waals surface area contributed by atoms with Crippen LogP contribution in [0.15, 0.2) is 30.3 Å². The molecular formula is C16H11ClF2N2. The highest BCUT2D eigenvalue weighted by molar-refractivity contribution is 6.34. The van der Waals surface area contributed by atoms with Gasteiger partial charge in [-0.1, -0.05) is 28.8 Å². The largest absolute Gasteiger partial charge is 0.225 e. The van der Waals surface area contributed by atoms with Crippen LogP contribution in [0.3, 0.4) is 0 Å². The van der Waals surface area contributed by atoms with Gasteiger partial charge in [-0.2, -0.15) is 0 Å². The van der Waals surface area contributed by atoms with Crippen molar-refractivity contribution in [3.63, 3.8) is 0 Å². The molecule has 0 radical (unpaired) electrons. The highest BCUT2D eigenvalue weighted by atomic mass is 35.5. The number of hydrogen-bond acceptors (Lipinski definition) is 2. The fourth-order valence-electron chi connectivity index (χ4n) is 2.35. The minimum Gasteiger partial charge on any atom is -0.225 e. The minimum atomic E-state index is -0.750. The fourth-order valence-corrected chi connectivity index (χ4v) is 2.58. The van der Waals surface area contributed by atoms with E-state index in [9.17, 15) is 8.78 Å². The first kappa shape index (κ1) is 13.9. The van der Waals surface area contributed by atoms with Crippen molar-refractivity contribution in [3.05, 3.63) is 58.2 Å². The lowest BCUT2D eigenvalue weighted by Crippen LogP contribution is -1.96. The van der Waals surface area contributed by atoms with Crippen LogP contribution in [0, 0.1) is 25.5 Å². The van der Waals surface area contributed by atoms with Gasteiger partial charge >= 0.3 is 0 Å². The molecule has 106 valence electrons. The summed E-state index contributed by atoms with van der Waals surface area (Å²) in [6.45, 7) is 3.91. The lowest BCUT2D eigenvalue weighted by molar-refractivity contribution is 0.590. The van der Waals surface area contributed by atoms with Crippen LogP contribution >= 0.6 is 11.6 Å². The van der Waals surface area contributed by atoms with Crippen molar-refractivity contribution in [1.29, 1.82) is 0 Å². The second-order valence-electron chi connectivity index (χ2n) is 5.00. The molecule has 21 heavy (non-hydrogen) atoms. The maximum Gasteiger partial charge on any atom is 0.161 e. The number of nitrogens with zero attached hydrogens (tertiary/aromatic N) is 2. The number of hydrogen-bond donors (Lipinski definition) is 0. The van der Waals surface area contributed by atoms with Crippen molar-refractivity contribution < 1.29 is 8.78 Å².